The number of amides is 1. The fraction of sp³-hybridized carbons (Fsp3) is 0.300. The molecule has 0 aliphatic heterocycles. The molecule has 0 radical (unpaired) electrons. The fourth-order valence-electron chi connectivity index (χ4n) is 1.13. The maximum absolute atomic E-state index is 11.0. The van der Waals surface area contributed by atoms with Gasteiger partial charge in [0, 0.05) is 6.07 Å². The zero-order valence-electron chi connectivity index (χ0n) is 8.40. The van der Waals surface area contributed by atoms with Gasteiger partial charge in [-0.1, -0.05) is 0 Å². The van der Waals surface area contributed by atoms with E-state index in [9.17, 15) is 4.79 Å². The normalized spacial score (nSPS) is 9.73. The monoisotopic (exact) mass is 211 g/mol. The molecule has 0 saturated carbocycles. The summed E-state index contributed by atoms with van der Waals surface area (Å²) in [6, 6.07) is 4.67. The van der Waals surface area contributed by atoms with Crippen molar-refractivity contribution in [3.05, 3.63) is 23.8 Å². The number of ether oxygens (including phenoxy) is 2. The Morgan fingerprint density at radius 3 is 2.80 bits per heavy atom. The van der Waals surface area contributed by atoms with Crippen molar-refractivity contribution in [1.29, 1.82) is 0 Å². The Morgan fingerprint density at radius 2 is 2.27 bits per heavy atom. The number of methoxy groups -OCH3 is 1. The summed E-state index contributed by atoms with van der Waals surface area (Å²) in [5.41, 5.74) is 5.44. The van der Waals surface area contributed by atoms with Crippen molar-refractivity contribution in [2.45, 2.75) is 0 Å². The molecule has 3 N–H and O–H groups in total. The molecule has 5 nitrogen and oxygen atoms in total. The topological polar surface area (TPSA) is 81.8 Å². The van der Waals surface area contributed by atoms with Gasteiger partial charge >= 0.3 is 0 Å². The molecule has 1 aromatic carbocycles. The molecule has 1 rings (SSSR count). The Balaban J connectivity index is 2.92. The molecule has 0 fully saturated rings. The van der Waals surface area contributed by atoms with Crippen LogP contribution in [0.4, 0.5) is 0 Å². The molecule has 82 valence electrons. The Kier molecular flexibility index (Phi) is 3.93. The summed E-state index contributed by atoms with van der Waals surface area (Å²) in [5, 5.41) is 8.57. The van der Waals surface area contributed by atoms with Gasteiger partial charge in [-0.15, -0.1) is 0 Å². The van der Waals surface area contributed by atoms with Crippen LogP contribution in [-0.4, -0.2) is 31.3 Å². The van der Waals surface area contributed by atoms with Gasteiger partial charge < -0.3 is 20.3 Å². The second kappa shape index (κ2) is 5.21. The summed E-state index contributed by atoms with van der Waals surface area (Å²) in [4.78, 5) is 11.0. The summed E-state index contributed by atoms with van der Waals surface area (Å²) in [6.07, 6.45) is 0. The first-order chi connectivity index (χ1) is 7.19. The molecular formula is C10H13NO4. The molecule has 0 aliphatic carbocycles. The molecule has 0 atom stereocenters. The molecule has 0 aromatic heterocycles. The van der Waals surface area contributed by atoms with Crippen LogP contribution < -0.4 is 15.2 Å². The SMILES string of the molecule is COc1cc(OCCO)ccc1C(N)=O. The minimum absolute atomic E-state index is 0.0696. The van der Waals surface area contributed by atoms with E-state index in [2.05, 4.69) is 0 Å². The number of rotatable bonds is 5. The fourth-order valence-corrected chi connectivity index (χ4v) is 1.13. The van der Waals surface area contributed by atoms with Gasteiger partial charge in [-0.2, -0.15) is 0 Å². The van der Waals surface area contributed by atoms with Gasteiger partial charge in [-0.3, -0.25) is 4.79 Å². The molecule has 0 spiro atoms. The Labute approximate surface area is 87.4 Å². The van der Waals surface area contributed by atoms with Gasteiger partial charge in [0.05, 0.1) is 19.3 Å². The molecule has 0 heterocycles. The minimum Gasteiger partial charge on any atom is -0.496 e. The lowest BCUT2D eigenvalue weighted by atomic mass is 10.2. The maximum atomic E-state index is 11.0. The number of hydrogen-bond donors (Lipinski definition) is 2. The first-order valence-electron chi connectivity index (χ1n) is 4.40. The third kappa shape index (κ3) is 2.85. The molecule has 0 aliphatic rings. The van der Waals surface area contributed by atoms with Crippen molar-refractivity contribution in [1.82, 2.24) is 0 Å². The highest BCUT2D eigenvalue weighted by atomic mass is 16.5. The number of aliphatic hydroxyl groups excluding tert-OH is 1. The standard InChI is InChI=1S/C10H13NO4/c1-14-9-6-7(15-5-4-12)2-3-8(9)10(11)13/h2-3,6,12H,4-5H2,1H3,(H2,11,13). The van der Waals surface area contributed by atoms with Gasteiger partial charge in [-0.25, -0.2) is 0 Å². The Bertz CT molecular complexity index is 351. The van der Waals surface area contributed by atoms with Crippen LogP contribution in [0.15, 0.2) is 18.2 Å². The number of carbonyl (C=O) groups excluding carboxylic acids is 1. The van der Waals surface area contributed by atoms with Crippen molar-refractivity contribution in [2.24, 2.45) is 5.73 Å². The summed E-state index contributed by atoms with van der Waals surface area (Å²) >= 11 is 0. The highest BCUT2D eigenvalue weighted by molar-refractivity contribution is 5.95. The predicted octanol–water partition coefficient (Wildman–Crippen LogP) is 0.165. The van der Waals surface area contributed by atoms with Crippen LogP contribution in [0.1, 0.15) is 10.4 Å². The average Bonchev–Trinajstić information content (AvgIpc) is 2.25. The lowest BCUT2D eigenvalue weighted by Gasteiger charge is -2.09. The number of carbonyl (C=O) groups is 1. The van der Waals surface area contributed by atoms with Gasteiger partial charge in [0.15, 0.2) is 0 Å². The molecule has 0 bridgehead atoms. The van der Waals surface area contributed by atoms with Crippen LogP contribution in [-0.2, 0) is 0 Å². The van der Waals surface area contributed by atoms with Crippen LogP contribution in [0, 0.1) is 0 Å². The van der Waals surface area contributed by atoms with Crippen molar-refractivity contribution in [2.75, 3.05) is 20.3 Å². The van der Waals surface area contributed by atoms with Gasteiger partial charge in [0.2, 0.25) is 0 Å². The van der Waals surface area contributed by atoms with Gasteiger partial charge in [0.1, 0.15) is 18.1 Å². The van der Waals surface area contributed by atoms with Crippen molar-refractivity contribution < 1.29 is 19.4 Å². The van der Waals surface area contributed by atoms with Crippen LogP contribution in [0.25, 0.3) is 0 Å². The summed E-state index contributed by atoms with van der Waals surface area (Å²) in [5.74, 6) is 0.324. The van der Waals surface area contributed by atoms with E-state index in [-0.39, 0.29) is 13.2 Å². The first kappa shape index (κ1) is 11.3. The molecule has 0 saturated heterocycles. The third-order valence-electron chi connectivity index (χ3n) is 1.80. The van der Waals surface area contributed by atoms with Crippen molar-refractivity contribution in [3.8, 4) is 11.5 Å². The highest BCUT2D eigenvalue weighted by Crippen LogP contribution is 2.24. The van der Waals surface area contributed by atoms with Gasteiger partial charge in [-0.05, 0) is 12.1 Å². The Morgan fingerprint density at radius 1 is 1.53 bits per heavy atom. The number of primary amides is 1. The second-order valence-electron chi connectivity index (χ2n) is 2.80. The highest BCUT2D eigenvalue weighted by Gasteiger charge is 2.09. The van der Waals surface area contributed by atoms with Crippen LogP contribution in [0.5, 0.6) is 11.5 Å². The zero-order chi connectivity index (χ0) is 11.3. The molecule has 1 aromatic rings. The lowest BCUT2D eigenvalue weighted by Crippen LogP contribution is -2.12. The van der Waals surface area contributed by atoms with E-state index in [0.29, 0.717) is 17.1 Å². The van der Waals surface area contributed by atoms with E-state index < -0.39 is 5.91 Å². The van der Waals surface area contributed by atoms with Crippen LogP contribution in [0.3, 0.4) is 0 Å². The summed E-state index contributed by atoms with van der Waals surface area (Å²) in [7, 11) is 1.44. The minimum atomic E-state index is -0.555. The maximum Gasteiger partial charge on any atom is 0.252 e. The zero-order valence-corrected chi connectivity index (χ0v) is 8.40. The van der Waals surface area contributed by atoms with Crippen LogP contribution >= 0.6 is 0 Å². The molecular weight excluding hydrogens is 198 g/mol. The third-order valence-corrected chi connectivity index (χ3v) is 1.80. The molecule has 5 heteroatoms. The smallest absolute Gasteiger partial charge is 0.252 e. The Hall–Kier alpha value is -1.75. The van der Waals surface area contributed by atoms with Crippen molar-refractivity contribution >= 4 is 5.91 Å². The summed E-state index contributed by atoms with van der Waals surface area (Å²) in [6.45, 7) is 0.124. The quantitative estimate of drug-likeness (QED) is 0.727. The summed E-state index contributed by atoms with van der Waals surface area (Å²) < 4.78 is 10.1. The van der Waals surface area contributed by atoms with E-state index >= 15 is 0 Å². The number of nitrogens with two attached hydrogens (primary N) is 1. The van der Waals surface area contributed by atoms with E-state index in [1.807, 2.05) is 0 Å². The van der Waals surface area contributed by atoms with Crippen molar-refractivity contribution in [3.63, 3.8) is 0 Å². The predicted molar refractivity (Wildman–Crippen MR) is 54.1 cm³/mol. The first-order valence-corrected chi connectivity index (χ1v) is 4.40. The largest absolute Gasteiger partial charge is 0.496 e. The van der Waals surface area contributed by atoms with E-state index in [1.54, 1.807) is 12.1 Å². The molecule has 15 heavy (non-hydrogen) atoms. The number of aliphatic hydroxyl groups is 1. The second-order valence-corrected chi connectivity index (χ2v) is 2.80. The molecule has 0 unspecified atom stereocenters. The van der Waals surface area contributed by atoms with E-state index in [4.69, 9.17) is 20.3 Å². The number of benzene rings is 1. The van der Waals surface area contributed by atoms with E-state index in [1.165, 1.54) is 13.2 Å². The lowest BCUT2D eigenvalue weighted by molar-refractivity contribution is 0.0997. The molecule has 1 amide bonds. The van der Waals surface area contributed by atoms with E-state index in [0.717, 1.165) is 0 Å². The van der Waals surface area contributed by atoms with Crippen LogP contribution in [0.2, 0.25) is 0 Å². The number of hydrogen-bond acceptors (Lipinski definition) is 4. The average molecular weight is 211 g/mol. The van der Waals surface area contributed by atoms with Gasteiger partial charge in [0.25, 0.3) is 5.91 Å².